The summed E-state index contributed by atoms with van der Waals surface area (Å²) < 4.78 is 3.23. The smallest absolute Gasteiger partial charge is 0.330 e. The van der Waals surface area contributed by atoms with E-state index in [1.165, 1.54) is 11.1 Å². The minimum absolute atomic E-state index is 0.0249. The van der Waals surface area contributed by atoms with E-state index in [2.05, 4.69) is 52.2 Å². The molecule has 2 aliphatic rings. The predicted molar refractivity (Wildman–Crippen MR) is 136 cm³/mol. The summed E-state index contributed by atoms with van der Waals surface area (Å²) in [6, 6.07) is 14.3. The molecule has 0 fully saturated rings. The first-order valence-electron chi connectivity index (χ1n) is 11.5. The molecule has 176 valence electrons. The fourth-order valence-corrected chi connectivity index (χ4v) is 5.29. The lowest BCUT2D eigenvalue weighted by atomic mass is 10.1. The minimum Gasteiger partial charge on any atom is -0.357 e. The summed E-state index contributed by atoms with van der Waals surface area (Å²) in [6.45, 7) is 7.85. The van der Waals surface area contributed by atoms with Gasteiger partial charge in [-0.25, -0.2) is 4.79 Å². The monoisotopic (exact) mass is 467 g/mol. The molecule has 2 N–H and O–H groups in total. The molecule has 1 aliphatic carbocycles. The van der Waals surface area contributed by atoms with E-state index in [0.29, 0.717) is 12.2 Å². The number of para-hydroxylation sites is 1. The van der Waals surface area contributed by atoms with E-state index in [4.69, 9.17) is 4.98 Å². The van der Waals surface area contributed by atoms with Gasteiger partial charge in [-0.2, -0.15) is 5.10 Å². The second kappa shape index (κ2) is 7.83. The number of pyridine rings is 1. The largest absolute Gasteiger partial charge is 0.357 e. The number of hydrogen-bond donors (Lipinski definition) is 2. The summed E-state index contributed by atoms with van der Waals surface area (Å²) in [7, 11) is 2.01. The van der Waals surface area contributed by atoms with Gasteiger partial charge in [0.15, 0.2) is 0 Å². The van der Waals surface area contributed by atoms with Crippen molar-refractivity contribution in [2.24, 2.45) is 5.10 Å². The molecule has 0 spiro atoms. The van der Waals surface area contributed by atoms with E-state index < -0.39 is 0 Å². The van der Waals surface area contributed by atoms with Crippen molar-refractivity contribution in [2.75, 3.05) is 12.4 Å². The lowest BCUT2D eigenvalue weighted by Gasteiger charge is -2.27. The molecule has 1 aliphatic heterocycles. The van der Waals surface area contributed by atoms with Crippen molar-refractivity contribution in [1.82, 2.24) is 24.4 Å². The van der Waals surface area contributed by atoms with Crippen LogP contribution in [0, 0.1) is 0 Å². The van der Waals surface area contributed by atoms with Crippen molar-refractivity contribution < 1.29 is 4.79 Å². The van der Waals surface area contributed by atoms with Gasteiger partial charge in [-0.3, -0.25) is 24.3 Å². The molecule has 1 amide bonds. The van der Waals surface area contributed by atoms with Gasteiger partial charge in [0.05, 0.1) is 34.5 Å². The SMILES string of the molecule is C=NNC(=C)N(C)C1Cc2cc3ccc(Cn4c(=O)n5c6c(cccc64)NC(=O)C5)nc3cc2C1. The lowest BCUT2D eigenvalue weighted by molar-refractivity contribution is -0.116. The third kappa shape index (κ3) is 3.39. The van der Waals surface area contributed by atoms with Crippen molar-refractivity contribution in [1.29, 1.82) is 0 Å². The van der Waals surface area contributed by atoms with Crippen LogP contribution in [-0.4, -0.2) is 44.7 Å². The highest BCUT2D eigenvalue weighted by Crippen LogP contribution is 2.30. The molecule has 2 aromatic heterocycles. The van der Waals surface area contributed by atoms with E-state index in [1.54, 1.807) is 9.13 Å². The van der Waals surface area contributed by atoms with Crippen molar-refractivity contribution in [3.05, 3.63) is 82.2 Å². The highest BCUT2D eigenvalue weighted by Gasteiger charge is 2.27. The summed E-state index contributed by atoms with van der Waals surface area (Å²) in [5.41, 5.74) is 9.12. The minimum atomic E-state index is -0.202. The van der Waals surface area contributed by atoms with E-state index in [9.17, 15) is 9.59 Å². The Morgan fingerprint density at radius 3 is 2.83 bits per heavy atom. The second-order valence-electron chi connectivity index (χ2n) is 9.18. The molecule has 0 radical (unpaired) electrons. The molecule has 6 rings (SSSR count). The molecule has 0 saturated heterocycles. The first-order valence-corrected chi connectivity index (χ1v) is 11.5. The van der Waals surface area contributed by atoms with Crippen LogP contribution in [0.1, 0.15) is 16.8 Å². The number of rotatable bonds is 6. The van der Waals surface area contributed by atoms with Gasteiger partial charge >= 0.3 is 5.69 Å². The number of anilines is 1. The Kier molecular flexibility index (Phi) is 4.73. The first kappa shape index (κ1) is 21.2. The Balaban J connectivity index is 1.33. The topological polar surface area (TPSA) is 96.5 Å². The number of fused-ring (bicyclic) bond motifs is 2. The lowest BCUT2D eigenvalue weighted by Crippen LogP contribution is -2.35. The maximum atomic E-state index is 13.2. The Morgan fingerprint density at radius 2 is 2.03 bits per heavy atom. The molecule has 9 heteroatoms. The van der Waals surface area contributed by atoms with Gasteiger partial charge in [-0.15, -0.1) is 0 Å². The fourth-order valence-electron chi connectivity index (χ4n) is 5.29. The number of nitrogens with zero attached hydrogens (tertiary/aromatic N) is 5. The molecule has 2 aromatic carbocycles. The molecule has 1 atom stereocenters. The maximum Gasteiger partial charge on any atom is 0.330 e. The molecule has 1 unspecified atom stereocenters. The highest BCUT2D eigenvalue weighted by atomic mass is 16.2. The molecule has 0 saturated carbocycles. The standard InChI is InChI=1S/C26H25N7O2/c1-15(30-27-2)31(3)20-10-17-9-16-7-8-19(28-22(16)12-18(17)11-20)13-32-23-6-4-5-21-25(23)33(26(32)35)14-24(34)29-21/h4-9,12,20,30H,1-2,10-11,13-14H2,3H3,(H,29,34). The Bertz CT molecular complexity index is 1610. The fraction of sp³-hybridized carbons (Fsp3) is 0.231. The zero-order chi connectivity index (χ0) is 24.3. The molecular weight excluding hydrogens is 442 g/mol. The second-order valence-corrected chi connectivity index (χ2v) is 9.18. The number of benzene rings is 2. The number of imidazole rings is 1. The average molecular weight is 468 g/mol. The summed E-state index contributed by atoms with van der Waals surface area (Å²) in [5.74, 6) is 0.531. The van der Waals surface area contributed by atoms with Gasteiger partial charge < -0.3 is 10.2 Å². The van der Waals surface area contributed by atoms with Crippen LogP contribution in [0.25, 0.3) is 21.9 Å². The average Bonchev–Trinajstić information content (AvgIpc) is 3.37. The maximum absolute atomic E-state index is 13.2. The van der Waals surface area contributed by atoms with Crippen molar-refractivity contribution in [3.8, 4) is 0 Å². The van der Waals surface area contributed by atoms with Crippen molar-refractivity contribution >= 4 is 40.2 Å². The Morgan fingerprint density at radius 1 is 1.23 bits per heavy atom. The predicted octanol–water partition coefficient (Wildman–Crippen LogP) is 2.43. The van der Waals surface area contributed by atoms with Crippen molar-refractivity contribution in [2.45, 2.75) is 32.0 Å². The molecule has 4 aromatic rings. The van der Waals surface area contributed by atoms with E-state index in [0.717, 1.165) is 46.3 Å². The van der Waals surface area contributed by atoms with E-state index in [1.807, 2.05) is 31.3 Å². The summed E-state index contributed by atoms with van der Waals surface area (Å²) in [5, 5.41) is 7.64. The molecular formula is C26H25N7O2. The number of amides is 1. The van der Waals surface area contributed by atoms with Gasteiger partial charge in [0.2, 0.25) is 5.91 Å². The van der Waals surface area contributed by atoms with Crippen LogP contribution in [-0.2, 0) is 30.7 Å². The van der Waals surface area contributed by atoms with Crippen LogP contribution < -0.4 is 16.4 Å². The van der Waals surface area contributed by atoms with Crippen LogP contribution in [0.4, 0.5) is 5.69 Å². The quantitative estimate of drug-likeness (QED) is 0.335. The van der Waals surface area contributed by atoms with Crippen LogP contribution in [0.3, 0.4) is 0 Å². The third-order valence-electron chi connectivity index (χ3n) is 7.09. The third-order valence-corrected chi connectivity index (χ3v) is 7.09. The molecule has 9 nitrogen and oxygen atoms in total. The Hall–Kier alpha value is -4.40. The van der Waals surface area contributed by atoms with E-state index in [-0.39, 0.29) is 24.2 Å². The van der Waals surface area contributed by atoms with Crippen LogP contribution in [0.2, 0.25) is 0 Å². The number of hydrogen-bond acceptors (Lipinski definition) is 6. The Labute approximate surface area is 201 Å². The van der Waals surface area contributed by atoms with Gasteiger partial charge in [0.1, 0.15) is 12.4 Å². The number of nitrogens with one attached hydrogen (secondary N) is 2. The van der Waals surface area contributed by atoms with Gasteiger partial charge in [-0.05, 0) is 54.3 Å². The molecule has 3 heterocycles. The summed E-state index contributed by atoms with van der Waals surface area (Å²) in [4.78, 5) is 32.2. The number of likely N-dealkylation sites (N-methyl/N-ethyl adjacent to an activating group) is 1. The molecule has 35 heavy (non-hydrogen) atoms. The summed E-state index contributed by atoms with van der Waals surface area (Å²) in [6.07, 6.45) is 1.81. The number of hydrazone groups is 1. The van der Waals surface area contributed by atoms with Gasteiger partial charge in [0, 0.05) is 25.2 Å². The number of aromatic nitrogens is 3. The highest BCUT2D eigenvalue weighted by molar-refractivity contribution is 6.03. The number of carbonyl (C=O) groups excluding carboxylic acids is 1. The zero-order valence-corrected chi connectivity index (χ0v) is 19.4. The number of carbonyl (C=O) groups is 1. The van der Waals surface area contributed by atoms with Crippen LogP contribution in [0.15, 0.2) is 64.8 Å². The normalized spacial score (nSPS) is 16.3. The van der Waals surface area contributed by atoms with Crippen LogP contribution in [0.5, 0.6) is 0 Å². The van der Waals surface area contributed by atoms with Crippen LogP contribution >= 0.6 is 0 Å². The van der Waals surface area contributed by atoms with Crippen molar-refractivity contribution in [3.63, 3.8) is 0 Å². The molecule has 0 bridgehead atoms. The first-order chi connectivity index (χ1) is 16.9. The van der Waals surface area contributed by atoms with Gasteiger partial charge in [-0.1, -0.05) is 18.7 Å². The van der Waals surface area contributed by atoms with E-state index >= 15 is 0 Å². The zero-order valence-electron chi connectivity index (χ0n) is 19.4. The van der Waals surface area contributed by atoms with Gasteiger partial charge in [0.25, 0.3) is 0 Å². The summed E-state index contributed by atoms with van der Waals surface area (Å²) >= 11 is 0.